The molecule has 1 aromatic heterocycles. The molecule has 11 heteroatoms. The van der Waals surface area contributed by atoms with Crippen LogP contribution in [0, 0.1) is 15.5 Å². The maximum atomic E-state index is 11.1. The summed E-state index contributed by atoms with van der Waals surface area (Å²) in [5.41, 5.74) is 2.36. The molecular weight excluding hydrogens is 453 g/mol. The third kappa shape index (κ3) is 5.22. The van der Waals surface area contributed by atoms with E-state index in [0.717, 1.165) is 11.6 Å². The number of nitrogens with zero attached hydrogens (tertiary/aromatic N) is 3. The van der Waals surface area contributed by atoms with Crippen LogP contribution in [0.15, 0.2) is 89.1 Å². The first-order chi connectivity index (χ1) is 16.4. The monoisotopic (exact) mass is 471 g/mol. The molecule has 0 spiro atoms. The van der Waals surface area contributed by atoms with Crippen LogP contribution in [0.25, 0.3) is 22.7 Å². The Labute approximate surface area is 198 Å². The molecule has 0 saturated carbocycles. The van der Waals surface area contributed by atoms with E-state index in [1.165, 1.54) is 12.1 Å². The van der Waals surface area contributed by atoms with Crippen LogP contribution >= 0.6 is 11.6 Å². The van der Waals surface area contributed by atoms with Crippen molar-refractivity contribution in [2.75, 3.05) is 0 Å². The first kappa shape index (κ1) is 23.0. The number of hydrogen-bond acceptors (Lipinski definition) is 7. The minimum Gasteiger partial charge on any atom is -0.494 e. The van der Waals surface area contributed by atoms with Gasteiger partial charge in [0.2, 0.25) is 0 Å². The van der Waals surface area contributed by atoms with Crippen LogP contribution in [0.5, 0.6) is 5.88 Å². The number of nitro benzene ring substituents is 1. The molecule has 4 N–H and O–H groups in total. The smallest absolute Gasteiger partial charge is 0.402 e. The first-order valence-corrected chi connectivity index (χ1v) is 11.0. The number of non-ortho nitro benzene ring substituents is 1. The number of hydrogen-bond donors (Lipinski definition) is 4. The number of aromatic nitrogens is 1. The number of benzene rings is 3. The molecule has 0 radical (unpaired) electrons. The van der Waals surface area contributed by atoms with E-state index in [1.807, 2.05) is 24.3 Å². The molecule has 4 aromatic rings. The second-order valence-electron chi connectivity index (χ2n) is 7.16. The Kier molecular flexibility index (Phi) is 6.86. The summed E-state index contributed by atoms with van der Waals surface area (Å²) in [6.07, 6.45) is 0.620. The van der Waals surface area contributed by atoms with E-state index in [-0.39, 0.29) is 16.7 Å². The summed E-state index contributed by atoms with van der Waals surface area (Å²) in [6.45, 7) is 0. The summed E-state index contributed by atoms with van der Waals surface area (Å²) in [6, 6.07) is 22.2. The van der Waals surface area contributed by atoms with Gasteiger partial charge in [0.05, 0.1) is 16.1 Å². The highest BCUT2D eigenvalue weighted by atomic mass is 32.2. The lowest BCUT2D eigenvalue weighted by atomic mass is 9.87. The Hall–Kier alpha value is -4.22. The molecule has 0 unspecified atom stereocenters. The summed E-state index contributed by atoms with van der Waals surface area (Å²) in [7, 11) is 0. The molecule has 0 fully saturated rings. The van der Waals surface area contributed by atoms with Gasteiger partial charge in [-0.05, 0) is 17.6 Å². The van der Waals surface area contributed by atoms with Crippen molar-refractivity contribution in [2.45, 2.75) is 0 Å². The Bertz CT molecular complexity index is 1410. The number of fused-ring (bicyclic) bond motifs is 1. The topological polar surface area (TPSA) is 148 Å². The summed E-state index contributed by atoms with van der Waals surface area (Å²) in [5.74, 6) is -0.178. The number of azo groups is 1. The van der Waals surface area contributed by atoms with Crippen LogP contribution in [-0.2, 0) is 0 Å². The van der Waals surface area contributed by atoms with Crippen LogP contribution in [-0.4, -0.2) is 31.4 Å². The maximum absolute atomic E-state index is 11.1. The number of aromatic amines is 1. The fourth-order valence-electron chi connectivity index (χ4n) is 3.28. The fraction of sp³-hybridized carbons (Fsp3) is 0. The maximum Gasteiger partial charge on any atom is 0.402 e. The Morgan fingerprint density at radius 2 is 1.74 bits per heavy atom. The summed E-state index contributed by atoms with van der Waals surface area (Å²) >= 11 is 0.840. The molecule has 9 nitrogen and oxygen atoms in total. The zero-order valence-corrected chi connectivity index (χ0v) is 18.4. The van der Waals surface area contributed by atoms with Crippen molar-refractivity contribution >= 4 is 56.8 Å². The van der Waals surface area contributed by atoms with Crippen LogP contribution in [0.4, 0.5) is 5.69 Å². The third-order valence-electron chi connectivity index (χ3n) is 4.92. The molecule has 0 bridgehead atoms. The average molecular weight is 471 g/mol. The second kappa shape index (κ2) is 10.2. The van der Waals surface area contributed by atoms with Gasteiger partial charge in [0.25, 0.3) is 5.69 Å². The summed E-state index contributed by atoms with van der Waals surface area (Å²) in [5, 5.41) is 48.5. The minimum absolute atomic E-state index is 0.102. The quantitative estimate of drug-likeness (QED) is 0.0797. The van der Waals surface area contributed by atoms with Gasteiger partial charge in [0.1, 0.15) is 0 Å². The number of amidine groups is 1. The molecule has 168 valence electrons. The second-order valence-corrected chi connectivity index (χ2v) is 8.22. The SMILES string of the molecule is N=C(N=N/C(=C/c1c(O)[nH]c2cc([N+](=O)[O-])ccc12)c1ccccc1)SB(O)c1ccccc1. The third-order valence-corrected chi connectivity index (χ3v) is 5.72. The normalized spacial score (nSPS) is 11.7. The van der Waals surface area contributed by atoms with E-state index in [2.05, 4.69) is 15.2 Å². The number of H-pyrrole nitrogens is 1. The molecule has 0 amide bonds. The van der Waals surface area contributed by atoms with Crippen LogP contribution in [0.1, 0.15) is 11.1 Å². The molecule has 1 heterocycles. The van der Waals surface area contributed by atoms with Gasteiger partial charge in [0.15, 0.2) is 11.0 Å². The highest BCUT2D eigenvalue weighted by molar-refractivity contribution is 8.36. The van der Waals surface area contributed by atoms with Crippen molar-refractivity contribution in [3.8, 4) is 5.88 Å². The van der Waals surface area contributed by atoms with E-state index >= 15 is 0 Å². The standard InChI is InChI=1S/C23H18BN5O4S/c25-23(34-24(31)16-9-5-2-6-10-16)28-27-20(15-7-3-1-4-8-15)14-19-18-12-11-17(29(32)33)13-21(18)26-22(19)30/h1-14,25-26,30-31H/b20-14+,25-23?,28-27?. The van der Waals surface area contributed by atoms with Gasteiger partial charge in [-0.1, -0.05) is 72.3 Å². The summed E-state index contributed by atoms with van der Waals surface area (Å²) in [4.78, 5) is 13.3. The average Bonchev–Trinajstić information content (AvgIpc) is 3.16. The predicted molar refractivity (Wildman–Crippen MR) is 135 cm³/mol. The molecule has 0 aliphatic rings. The van der Waals surface area contributed by atoms with Crippen LogP contribution < -0.4 is 5.46 Å². The molecule has 4 rings (SSSR count). The van der Waals surface area contributed by atoms with Gasteiger partial charge < -0.3 is 15.1 Å². The lowest BCUT2D eigenvalue weighted by Gasteiger charge is -2.05. The molecular formula is C23H18BN5O4S. The van der Waals surface area contributed by atoms with Crippen LogP contribution in [0.3, 0.4) is 0 Å². The van der Waals surface area contributed by atoms with Crippen molar-refractivity contribution in [1.29, 1.82) is 5.41 Å². The highest BCUT2D eigenvalue weighted by Gasteiger charge is 2.18. The van der Waals surface area contributed by atoms with Gasteiger partial charge in [-0.25, -0.2) is 0 Å². The van der Waals surface area contributed by atoms with E-state index in [1.54, 1.807) is 48.5 Å². The largest absolute Gasteiger partial charge is 0.494 e. The number of nitro groups is 1. The molecule has 0 saturated heterocycles. The fourth-order valence-corrected chi connectivity index (χ4v) is 3.88. The number of aromatic hydroxyl groups is 1. The summed E-state index contributed by atoms with van der Waals surface area (Å²) < 4.78 is 0. The van der Waals surface area contributed by atoms with E-state index in [4.69, 9.17) is 5.41 Å². The van der Waals surface area contributed by atoms with Crippen LogP contribution in [0.2, 0.25) is 0 Å². The molecule has 0 aliphatic heterocycles. The Balaban J connectivity index is 1.67. The van der Waals surface area contributed by atoms with Gasteiger partial charge >= 0.3 is 6.19 Å². The first-order valence-electron chi connectivity index (χ1n) is 10.1. The van der Waals surface area contributed by atoms with Gasteiger partial charge in [-0.3, -0.25) is 15.5 Å². The van der Waals surface area contributed by atoms with Gasteiger partial charge in [-0.2, -0.15) is 0 Å². The molecule has 0 aliphatic carbocycles. The van der Waals surface area contributed by atoms with Crippen molar-refractivity contribution in [3.05, 3.63) is 100 Å². The molecule has 34 heavy (non-hydrogen) atoms. The van der Waals surface area contributed by atoms with E-state index in [9.17, 15) is 20.2 Å². The lowest BCUT2D eigenvalue weighted by molar-refractivity contribution is -0.384. The zero-order valence-electron chi connectivity index (χ0n) is 17.6. The van der Waals surface area contributed by atoms with E-state index in [0.29, 0.717) is 33.2 Å². The van der Waals surface area contributed by atoms with Crippen molar-refractivity contribution in [3.63, 3.8) is 0 Å². The number of rotatable bonds is 6. The lowest BCUT2D eigenvalue weighted by Crippen LogP contribution is -2.27. The molecule has 3 aromatic carbocycles. The van der Waals surface area contributed by atoms with Gasteiger partial charge in [-0.15, -0.1) is 10.2 Å². The van der Waals surface area contributed by atoms with Crippen molar-refractivity contribution < 1.29 is 15.1 Å². The minimum atomic E-state index is -0.967. The molecule has 0 atom stereocenters. The highest BCUT2D eigenvalue weighted by Crippen LogP contribution is 2.33. The van der Waals surface area contributed by atoms with Gasteiger partial charge in [0, 0.05) is 28.6 Å². The predicted octanol–water partition coefficient (Wildman–Crippen LogP) is 4.79. The Morgan fingerprint density at radius 3 is 2.41 bits per heavy atom. The van der Waals surface area contributed by atoms with Crippen molar-refractivity contribution in [1.82, 2.24) is 4.98 Å². The number of nitrogens with one attached hydrogen (secondary N) is 2. The van der Waals surface area contributed by atoms with E-state index < -0.39 is 11.1 Å². The Morgan fingerprint density at radius 1 is 1.06 bits per heavy atom. The van der Waals surface area contributed by atoms with Crippen molar-refractivity contribution in [2.24, 2.45) is 10.2 Å². The zero-order chi connectivity index (χ0) is 24.1.